The van der Waals surface area contributed by atoms with Crippen molar-refractivity contribution >= 4 is 0 Å². The van der Waals surface area contributed by atoms with Crippen LogP contribution in [0.15, 0.2) is 66.7 Å². The summed E-state index contributed by atoms with van der Waals surface area (Å²) in [6.45, 7) is 1.85. The summed E-state index contributed by atoms with van der Waals surface area (Å²) in [6, 6.07) is 15.3. The molecule has 3 unspecified atom stereocenters. The minimum Gasteiger partial charge on any atom is -0.508 e. The number of ether oxygens (including phenoxy) is 1. The van der Waals surface area contributed by atoms with E-state index >= 15 is 0 Å². The number of hydrogen-bond donors (Lipinski definition) is 3. The first kappa shape index (κ1) is 20.1. The molecule has 1 heterocycles. The lowest BCUT2D eigenvalue weighted by molar-refractivity contribution is -0.288. The SMILES string of the molecule is Cc1ccc(C2Oc3ccc(O)cc3C(O)(C(F)(F)F)C2c2ccc(O)cc2)cc1. The monoisotopic (exact) mass is 416 g/mol. The van der Waals surface area contributed by atoms with Crippen LogP contribution in [0, 0.1) is 6.92 Å². The molecule has 30 heavy (non-hydrogen) atoms. The first-order chi connectivity index (χ1) is 14.1. The number of alkyl halides is 3. The van der Waals surface area contributed by atoms with Crippen molar-refractivity contribution in [3.8, 4) is 17.2 Å². The lowest BCUT2D eigenvalue weighted by Crippen LogP contribution is -2.52. The molecule has 0 bridgehead atoms. The molecule has 3 aromatic rings. The van der Waals surface area contributed by atoms with Crippen LogP contribution in [0.1, 0.15) is 34.3 Å². The minimum atomic E-state index is -5.08. The summed E-state index contributed by atoms with van der Waals surface area (Å²) >= 11 is 0. The molecule has 0 aliphatic carbocycles. The van der Waals surface area contributed by atoms with Crippen LogP contribution in [-0.2, 0) is 5.60 Å². The summed E-state index contributed by atoms with van der Waals surface area (Å²) in [7, 11) is 0. The van der Waals surface area contributed by atoms with Gasteiger partial charge in [-0.05, 0) is 48.4 Å². The number of aryl methyl sites for hydroxylation is 1. The molecule has 0 radical (unpaired) electrons. The van der Waals surface area contributed by atoms with E-state index < -0.39 is 35.1 Å². The molecule has 0 amide bonds. The van der Waals surface area contributed by atoms with Gasteiger partial charge >= 0.3 is 6.18 Å². The van der Waals surface area contributed by atoms with Gasteiger partial charge in [-0.3, -0.25) is 0 Å². The molecular formula is C23H19F3O4. The Hall–Kier alpha value is -3.19. The van der Waals surface area contributed by atoms with Crippen molar-refractivity contribution in [3.05, 3.63) is 89.0 Å². The summed E-state index contributed by atoms with van der Waals surface area (Å²) < 4.78 is 49.4. The molecule has 3 N–H and O–H groups in total. The van der Waals surface area contributed by atoms with E-state index in [0.29, 0.717) is 5.56 Å². The summed E-state index contributed by atoms with van der Waals surface area (Å²) in [5.74, 6) is -2.28. The summed E-state index contributed by atoms with van der Waals surface area (Å²) in [4.78, 5) is 0. The molecule has 0 spiro atoms. The van der Waals surface area contributed by atoms with Gasteiger partial charge in [-0.25, -0.2) is 0 Å². The molecule has 0 saturated heterocycles. The Morgan fingerprint density at radius 2 is 1.40 bits per heavy atom. The quantitative estimate of drug-likeness (QED) is 0.545. The van der Waals surface area contributed by atoms with Crippen LogP contribution in [0.2, 0.25) is 0 Å². The molecule has 1 aliphatic heterocycles. The average Bonchev–Trinajstić information content (AvgIpc) is 2.69. The van der Waals surface area contributed by atoms with Crippen molar-refractivity contribution in [3.63, 3.8) is 0 Å². The van der Waals surface area contributed by atoms with Gasteiger partial charge in [0.25, 0.3) is 0 Å². The zero-order chi connectivity index (χ0) is 21.7. The summed E-state index contributed by atoms with van der Waals surface area (Å²) in [5.41, 5.74) is -2.39. The van der Waals surface area contributed by atoms with Crippen LogP contribution in [0.25, 0.3) is 0 Å². The van der Waals surface area contributed by atoms with E-state index in [1.165, 1.54) is 36.4 Å². The van der Waals surface area contributed by atoms with Gasteiger partial charge in [0.2, 0.25) is 0 Å². The highest BCUT2D eigenvalue weighted by Gasteiger charge is 2.65. The fourth-order valence-electron chi connectivity index (χ4n) is 3.95. The predicted molar refractivity (Wildman–Crippen MR) is 103 cm³/mol. The fraction of sp³-hybridized carbons (Fsp3) is 0.217. The van der Waals surface area contributed by atoms with E-state index in [-0.39, 0.29) is 17.1 Å². The minimum absolute atomic E-state index is 0.115. The smallest absolute Gasteiger partial charge is 0.422 e. The first-order valence-electron chi connectivity index (χ1n) is 9.26. The van der Waals surface area contributed by atoms with Gasteiger partial charge < -0.3 is 20.1 Å². The number of halogens is 3. The molecule has 0 fully saturated rings. The third-order valence-corrected chi connectivity index (χ3v) is 5.47. The lowest BCUT2D eigenvalue weighted by Gasteiger charge is -2.46. The average molecular weight is 416 g/mol. The van der Waals surface area contributed by atoms with E-state index in [9.17, 15) is 28.5 Å². The van der Waals surface area contributed by atoms with Crippen LogP contribution in [0.3, 0.4) is 0 Å². The number of phenolic OH excluding ortho intramolecular Hbond substituents is 2. The Balaban J connectivity index is 2.01. The normalized spacial score (nSPS) is 23.5. The number of rotatable bonds is 2. The molecule has 3 aromatic carbocycles. The molecule has 3 atom stereocenters. The lowest BCUT2D eigenvalue weighted by atomic mass is 9.70. The van der Waals surface area contributed by atoms with Crippen LogP contribution in [0.5, 0.6) is 17.2 Å². The van der Waals surface area contributed by atoms with Gasteiger partial charge in [-0.15, -0.1) is 0 Å². The van der Waals surface area contributed by atoms with Crippen molar-refractivity contribution in [2.24, 2.45) is 0 Å². The van der Waals surface area contributed by atoms with Gasteiger partial charge in [0.1, 0.15) is 23.4 Å². The predicted octanol–water partition coefficient (Wildman–Crippen LogP) is 5.07. The van der Waals surface area contributed by atoms with Crippen LogP contribution in [-0.4, -0.2) is 21.5 Å². The molecule has 7 heteroatoms. The third-order valence-electron chi connectivity index (χ3n) is 5.47. The maximum absolute atomic E-state index is 14.5. The molecule has 156 valence electrons. The van der Waals surface area contributed by atoms with E-state index in [1.807, 2.05) is 6.92 Å². The van der Waals surface area contributed by atoms with Gasteiger partial charge in [-0.2, -0.15) is 13.2 Å². The van der Waals surface area contributed by atoms with E-state index in [1.54, 1.807) is 24.3 Å². The maximum atomic E-state index is 14.5. The second-order valence-electron chi connectivity index (χ2n) is 7.46. The molecule has 4 nitrogen and oxygen atoms in total. The number of benzene rings is 3. The zero-order valence-electron chi connectivity index (χ0n) is 15.9. The number of hydrogen-bond acceptors (Lipinski definition) is 4. The highest BCUT2D eigenvalue weighted by atomic mass is 19.4. The van der Waals surface area contributed by atoms with E-state index in [0.717, 1.165) is 11.6 Å². The number of phenols is 2. The maximum Gasteiger partial charge on any atom is 0.422 e. The second kappa shape index (κ2) is 6.95. The van der Waals surface area contributed by atoms with Crippen LogP contribution >= 0.6 is 0 Å². The van der Waals surface area contributed by atoms with Crippen LogP contribution in [0.4, 0.5) is 13.2 Å². The molecule has 0 aromatic heterocycles. The van der Waals surface area contributed by atoms with Crippen molar-refractivity contribution in [2.75, 3.05) is 0 Å². The van der Waals surface area contributed by atoms with E-state index in [4.69, 9.17) is 4.74 Å². The number of fused-ring (bicyclic) bond motifs is 1. The zero-order valence-corrected chi connectivity index (χ0v) is 15.9. The fourth-order valence-corrected chi connectivity index (χ4v) is 3.95. The Morgan fingerprint density at radius 3 is 2.00 bits per heavy atom. The second-order valence-corrected chi connectivity index (χ2v) is 7.46. The number of aliphatic hydroxyl groups is 1. The van der Waals surface area contributed by atoms with Gasteiger partial charge in [0, 0.05) is 5.56 Å². The van der Waals surface area contributed by atoms with Crippen LogP contribution < -0.4 is 4.74 Å². The van der Waals surface area contributed by atoms with Gasteiger partial charge in [0.05, 0.1) is 5.92 Å². The molecular weight excluding hydrogens is 397 g/mol. The van der Waals surface area contributed by atoms with Gasteiger partial charge in [-0.1, -0.05) is 42.0 Å². The van der Waals surface area contributed by atoms with Crippen molar-refractivity contribution in [2.45, 2.75) is 30.7 Å². The molecule has 0 saturated carbocycles. The largest absolute Gasteiger partial charge is 0.508 e. The Kier molecular flexibility index (Phi) is 4.66. The summed E-state index contributed by atoms with van der Waals surface area (Å²) in [5, 5.41) is 30.7. The standard InChI is InChI=1S/C23H19F3O4/c1-13-2-4-15(5-3-13)21-20(14-6-8-16(27)9-7-14)22(29,23(24,25)26)18-12-17(28)10-11-19(18)30-21/h2-12,20-21,27-29H,1H3. The van der Waals surface area contributed by atoms with Crippen molar-refractivity contribution in [1.29, 1.82) is 0 Å². The summed E-state index contributed by atoms with van der Waals surface area (Å²) in [6.07, 6.45) is -6.25. The van der Waals surface area contributed by atoms with E-state index in [2.05, 4.69) is 0 Å². The highest BCUT2D eigenvalue weighted by molar-refractivity contribution is 5.51. The number of aromatic hydroxyl groups is 2. The Bertz CT molecular complexity index is 1060. The Labute approximate surface area is 170 Å². The van der Waals surface area contributed by atoms with Crippen molar-refractivity contribution in [1.82, 2.24) is 0 Å². The molecule has 1 aliphatic rings. The molecule has 4 rings (SSSR count). The first-order valence-corrected chi connectivity index (χ1v) is 9.26. The van der Waals surface area contributed by atoms with Gasteiger partial charge in [0.15, 0.2) is 5.60 Å². The third kappa shape index (κ3) is 3.15. The topological polar surface area (TPSA) is 69.9 Å². The van der Waals surface area contributed by atoms with Crippen molar-refractivity contribution < 1.29 is 33.2 Å². The highest BCUT2D eigenvalue weighted by Crippen LogP contribution is 2.60. The Morgan fingerprint density at radius 1 is 0.833 bits per heavy atom.